The van der Waals surface area contributed by atoms with Crippen molar-refractivity contribution in [2.45, 2.75) is 51.4 Å². The number of H-pyrrole nitrogens is 1. The Bertz CT molecular complexity index is 1220. The molecule has 6 nitrogen and oxygen atoms in total. The second kappa shape index (κ2) is 6.93. The Morgan fingerprint density at radius 2 is 1.93 bits per heavy atom. The zero-order valence-electron chi connectivity index (χ0n) is 17.2. The van der Waals surface area contributed by atoms with Crippen LogP contribution in [0.3, 0.4) is 0 Å². The molecule has 0 bridgehead atoms. The van der Waals surface area contributed by atoms with E-state index >= 15 is 0 Å². The van der Waals surface area contributed by atoms with Crippen molar-refractivity contribution in [1.29, 1.82) is 0 Å². The molecule has 1 saturated carbocycles. The number of aromatic hydroxyl groups is 1. The molecule has 2 aromatic carbocycles. The maximum absolute atomic E-state index is 14.0. The van der Waals surface area contributed by atoms with Crippen LogP contribution in [0.15, 0.2) is 36.4 Å². The van der Waals surface area contributed by atoms with Gasteiger partial charge in [-0.25, -0.2) is 4.39 Å². The number of aromatic nitrogens is 5. The number of fused-ring (bicyclic) bond motifs is 1. The lowest BCUT2D eigenvalue weighted by atomic mass is 9.69. The van der Waals surface area contributed by atoms with E-state index in [1.165, 1.54) is 17.3 Å². The van der Waals surface area contributed by atoms with Gasteiger partial charge >= 0.3 is 0 Å². The van der Waals surface area contributed by atoms with Crippen LogP contribution >= 0.6 is 0 Å². The normalized spacial score (nSPS) is 18.8. The molecule has 30 heavy (non-hydrogen) atoms. The average molecular weight is 405 g/mol. The highest BCUT2D eigenvalue weighted by atomic mass is 19.1. The van der Waals surface area contributed by atoms with Crippen LogP contribution in [0.4, 0.5) is 4.39 Å². The third kappa shape index (κ3) is 2.88. The maximum Gasteiger partial charge on any atom is 0.177 e. The van der Waals surface area contributed by atoms with Crippen LogP contribution in [-0.2, 0) is 0 Å². The molecule has 0 radical (unpaired) electrons. The second-order valence-electron chi connectivity index (χ2n) is 8.56. The van der Waals surface area contributed by atoms with E-state index < -0.39 is 0 Å². The predicted molar refractivity (Wildman–Crippen MR) is 113 cm³/mol. The topological polar surface area (TPSA) is 79.6 Å². The molecule has 1 aliphatic carbocycles. The number of phenolic OH excluding ortho intramolecular Hbond substituents is 1. The van der Waals surface area contributed by atoms with E-state index in [1.807, 2.05) is 24.3 Å². The largest absolute Gasteiger partial charge is 0.508 e. The summed E-state index contributed by atoms with van der Waals surface area (Å²) in [6.07, 6.45) is 1.88. The van der Waals surface area contributed by atoms with E-state index in [1.54, 1.807) is 13.0 Å². The molecule has 154 valence electrons. The molecule has 1 fully saturated rings. The zero-order valence-corrected chi connectivity index (χ0v) is 17.2. The molecule has 0 atom stereocenters. The van der Waals surface area contributed by atoms with Crippen molar-refractivity contribution in [3.63, 3.8) is 0 Å². The third-order valence-electron chi connectivity index (χ3n) is 6.25. The van der Waals surface area contributed by atoms with Crippen molar-refractivity contribution in [1.82, 2.24) is 25.2 Å². The van der Waals surface area contributed by atoms with Crippen LogP contribution in [-0.4, -0.2) is 30.3 Å². The summed E-state index contributed by atoms with van der Waals surface area (Å²) in [5.74, 6) is 1.69. The fourth-order valence-electron chi connectivity index (χ4n) is 4.77. The quantitative estimate of drug-likeness (QED) is 0.496. The SMILES string of the molecule is Cc1cc(-n2c(C(C)C)c([C@H]3C[C@@H](c4nn[nH]n4)C3)c3cc(O)ccc32)ccc1F. The van der Waals surface area contributed by atoms with Crippen LogP contribution < -0.4 is 0 Å². The second-order valence-corrected chi connectivity index (χ2v) is 8.56. The van der Waals surface area contributed by atoms with Crippen LogP contribution in [0.1, 0.15) is 67.1 Å². The van der Waals surface area contributed by atoms with E-state index in [0.717, 1.165) is 35.3 Å². The number of benzene rings is 2. The van der Waals surface area contributed by atoms with E-state index in [0.29, 0.717) is 11.5 Å². The Kier molecular flexibility index (Phi) is 4.34. The third-order valence-corrected chi connectivity index (χ3v) is 6.25. The van der Waals surface area contributed by atoms with Gasteiger partial charge < -0.3 is 9.67 Å². The molecule has 7 heteroatoms. The van der Waals surface area contributed by atoms with Gasteiger partial charge in [-0.2, -0.15) is 5.21 Å². The Labute approximate surface area is 173 Å². The summed E-state index contributed by atoms with van der Waals surface area (Å²) in [6.45, 7) is 6.15. The summed E-state index contributed by atoms with van der Waals surface area (Å²) in [7, 11) is 0. The fraction of sp³-hybridized carbons (Fsp3) is 0.348. The van der Waals surface area contributed by atoms with Gasteiger partial charge in [-0.15, -0.1) is 10.2 Å². The van der Waals surface area contributed by atoms with Gasteiger partial charge in [-0.05, 0) is 79.1 Å². The van der Waals surface area contributed by atoms with Gasteiger partial charge in [0.1, 0.15) is 11.6 Å². The molecule has 2 N–H and O–H groups in total. The first-order chi connectivity index (χ1) is 14.4. The highest BCUT2D eigenvalue weighted by Crippen LogP contribution is 2.51. The maximum atomic E-state index is 14.0. The first-order valence-corrected chi connectivity index (χ1v) is 10.3. The summed E-state index contributed by atoms with van der Waals surface area (Å²) in [4.78, 5) is 0. The lowest BCUT2D eigenvalue weighted by Crippen LogP contribution is -2.22. The Balaban J connectivity index is 1.69. The number of aryl methyl sites for hydroxylation is 1. The number of phenols is 1. The molecule has 0 unspecified atom stereocenters. The first kappa shape index (κ1) is 18.8. The Hall–Kier alpha value is -3.22. The fourth-order valence-corrected chi connectivity index (χ4v) is 4.77. The van der Waals surface area contributed by atoms with E-state index in [-0.39, 0.29) is 23.4 Å². The Morgan fingerprint density at radius 1 is 1.13 bits per heavy atom. The number of hydrogen-bond donors (Lipinski definition) is 2. The molecule has 0 spiro atoms. The van der Waals surface area contributed by atoms with Crippen molar-refractivity contribution < 1.29 is 9.50 Å². The number of nitrogens with one attached hydrogen (secondary N) is 1. The van der Waals surface area contributed by atoms with Gasteiger partial charge in [0.2, 0.25) is 0 Å². The molecule has 0 amide bonds. The summed E-state index contributed by atoms with van der Waals surface area (Å²) in [5, 5.41) is 25.8. The van der Waals surface area contributed by atoms with E-state index in [4.69, 9.17) is 0 Å². The lowest BCUT2D eigenvalue weighted by Gasteiger charge is -2.34. The molecular formula is C23H24FN5O. The smallest absolute Gasteiger partial charge is 0.177 e. The van der Waals surface area contributed by atoms with Gasteiger partial charge in [-0.3, -0.25) is 0 Å². The zero-order chi connectivity index (χ0) is 21.0. The summed E-state index contributed by atoms with van der Waals surface area (Å²) in [6, 6.07) is 10.8. The molecule has 2 heterocycles. The predicted octanol–water partition coefficient (Wildman–Crippen LogP) is 5.08. The number of nitrogens with zero attached hydrogens (tertiary/aromatic N) is 4. The van der Waals surface area contributed by atoms with Crippen LogP contribution in [0.5, 0.6) is 5.75 Å². The van der Waals surface area contributed by atoms with Crippen LogP contribution in [0, 0.1) is 12.7 Å². The monoisotopic (exact) mass is 405 g/mol. The highest BCUT2D eigenvalue weighted by Gasteiger charge is 2.38. The number of halogens is 1. The van der Waals surface area contributed by atoms with Crippen LogP contribution in [0.25, 0.3) is 16.6 Å². The number of tetrazole rings is 1. The molecule has 2 aromatic heterocycles. The minimum atomic E-state index is -0.207. The Morgan fingerprint density at radius 3 is 2.60 bits per heavy atom. The highest BCUT2D eigenvalue weighted by molar-refractivity contribution is 5.89. The van der Waals surface area contributed by atoms with Crippen molar-refractivity contribution in [3.05, 3.63) is 64.9 Å². The van der Waals surface area contributed by atoms with Gasteiger partial charge in [0.25, 0.3) is 0 Å². The summed E-state index contributed by atoms with van der Waals surface area (Å²) >= 11 is 0. The molecular weight excluding hydrogens is 381 g/mol. The number of hydrogen-bond acceptors (Lipinski definition) is 4. The molecule has 1 aliphatic rings. The van der Waals surface area contributed by atoms with Crippen LogP contribution in [0.2, 0.25) is 0 Å². The standard InChI is InChI=1S/C23H24FN5O/c1-12(2)22-21(14-9-15(10-14)23-25-27-28-26-23)18-11-17(30)5-7-20(18)29(22)16-4-6-19(24)13(3)8-16/h4-8,11-12,14-15,30H,9-10H2,1-3H3,(H,25,26,27,28)/t14-,15+. The molecule has 5 rings (SSSR count). The summed E-state index contributed by atoms with van der Waals surface area (Å²) in [5.41, 5.74) is 5.05. The van der Waals surface area contributed by atoms with Crippen molar-refractivity contribution in [2.24, 2.45) is 0 Å². The lowest BCUT2D eigenvalue weighted by molar-refractivity contribution is 0.337. The molecule has 0 aliphatic heterocycles. The van der Waals surface area contributed by atoms with Gasteiger partial charge in [0.15, 0.2) is 5.82 Å². The first-order valence-electron chi connectivity index (χ1n) is 10.3. The minimum absolute atomic E-state index is 0.207. The van der Waals surface area contributed by atoms with Gasteiger partial charge in [0, 0.05) is 22.7 Å². The number of aromatic amines is 1. The van der Waals surface area contributed by atoms with E-state index in [9.17, 15) is 9.50 Å². The summed E-state index contributed by atoms with van der Waals surface area (Å²) < 4.78 is 16.2. The van der Waals surface area contributed by atoms with Gasteiger partial charge in [0.05, 0.1) is 5.52 Å². The average Bonchev–Trinajstić information content (AvgIpc) is 3.30. The van der Waals surface area contributed by atoms with Crippen molar-refractivity contribution >= 4 is 10.9 Å². The molecule has 0 saturated heterocycles. The van der Waals surface area contributed by atoms with Crippen molar-refractivity contribution in [3.8, 4) is 11.4 Å². The van der Waals surface area contributed by atoms with E-state index in [2.05, 4.69) is 39.0 Å². The minimum Gasteiger partial charge on any atom is -0.508 e. The van der Waals surface area contributed by atoms with Crippen molar-refractivity contribution in [2.75, 3.05) is 0 Å². The molecule has 4 aromatic rings. The van der Waals surface area contributed by atoms with Gasteiger partial charge in [-0.1, -0.05) is 19.1 Å². The number of rotatable bonds is 4.